The van der Waals surface area contributed by atoms with E-state index in [1.54, 1.807) is 12.1 Å². The van der Waals surface area contributed by atoms with Crippen molar-refractivity contribution in [3.63, 3.8) is 0 Å². The number of hydrogen-bond donors (Lipinski definition) is 0. The van der Waals surface area contributed by atoms with E-state index in [1.165, 1.54) is 26.4 Å². The summed E-state index contributed by atoms with van der Waals surface area (Å²) < 4.78 is 11.4. The molecule has 0 unspecified atom stereocenters. The van der Waals surface area contributed by atoms with Crippen molar-refractivity contribution in [1.82, 2.24) is 10.2 Å². The van der Waals surface area contributed by atoms with Crippen molar-refractivity contribution >= 4 is 28.6 Å². The lowest BCUT2D eigenvalue weighted by Gasteiger charge is -2.49. The molecule has 0 aliphatic heterocycles. The molecule has 0 atom stereocenters. The molecule has 0 N–H and O–H groups in total. The maximum Gasteiger partial charge on any atom is 0.338 e. The summed E-state index contributed by atoms with van der Waals surface area (Å²) in [5.41, 5.74) is 1.11. The summed E-state index contributed by atoms with van der Waals surface area (Å²) in [4.78, 5) is 12.0. The summed E-state index contributed by atoms with van der Waals surface area (Å²) in [6.07, 6.45) is 6.96. The fourth-order valence-corrected chi connectivity index (χ4v) is 4.77. The molecule has 3 aliphatic carbocycles. The number of fused-ring (bicyclic) bond motifs is 3. The van der Waals surface area contributed by atoms with Gasteiger partial charge in [-0.15, -0.1) is 10.2 Å². The SMILES string of the molecule is COC(=O)c1ccccc1-c1nnc(C23CCC(I)(CC2)CC3)o1. The van der Waals surface area contributed by atoms with Gasteiger partial charge in [-0.2, -0.15) is 0 Å². The van der Waals surface area contributed by atoms with E-state index in [2.05, 4.69) is 32.8 Å². The zero-order chi connectivity index (χ0) is 16.8. The Kier molecular flexibility index (Phi) is 3.89. The van der Waals surface area contributed by atoms with Crippen LogP contribution in [0.2, 0.25) is 0 Å². The second-order valence-corrected chi connectivity index (χ2v) is 9.17. The molecule has 5 rings (SSSR count). The third-order valence-corrected chi connectivity index (χ3v) is 7.21. The van der Waals surface area contributed by atoms with Crippen LogP contribution in [0.1, 0.15) is 54.8 Å². The first-order chi connectivity index (χ1) is 11.6. The minimum atomic E-state index is -0.395. The van der Waals surface area contributed by atoms with E-state index in [0.717, 1.165) is 25.2 Å². The second-order valence-electron chi connectivity index (χ2n) is 6.88. The predicted molar refractivity (Wildman–Crippen MR) is 97.2 cm³/mol. The lowest BCUT2D eigenvalue weighted by atomic mass is 9.60. The van der Waals surface area contributed by atoms with Crippen molar-refractivity contribution in [3.05, 3.63) is 35.7 Å². The molecule has 1 heterocycles. The van der Waals surface area contributed by atoms with Crippen molar-refractivity contribution in [2.24, 2.45) is 0 Å². The van der Waals surface area contributed by atoms with Crippen LogP contribution in [0.4, 0.5) is 0 Å². The van der Waals surface area contributed by atoms with Crippen LogP contribution in [0.15, 0.2) is 28.7 Å². The van der Waals surface area contributed by atoms with Gasteiger partial charge in [0, 0.05) is 8.84 Å². The van der Waals surface area contributed by atoms with Crippen LogP contribution in [0.25, 0.3) is 11.5 Å². The van der Waals surface area contributed by atoms with Crippen LogP contribution in [-0.4, -0.2) is 26.7 Å². The molecule has 3 aliphatic rings. The number of halogens is 1. The lowest BCUT2D eigenvalue weighted by Crippen LogP contribution is -2.44. The third kappa shape index (κ3) is 2.55. The number of nitrogens with zero attached hydrogens (tertiary/aromatic N) is 2. The predicted octanol–water partition coefficient (Wildman–Crippen LogP) is 4.30. The largest absolute Gasteiger partial charge is 0.465 e. The molecule has 0 radical (unpaired) electrons. The Morgan fingerprint density at radius 2 is 1.79 bits per heavy atom. The molecule has 3 saturated carbocycles. The molecular formula is C18H19IN2O3. The number of rotatable bonds is 3. The fraction of sp³-hybridized carbons (Fsp3) is 0.500. The van der Waals surface area contributed by atoms with Crippen molar-refractivity contribution in [2.45, 2.75) is 47.4 Å². The van der Waals surface area contributed by atoms with Crippen molar-refractivity contribution < 1.29 is 13.9 Å². The first kappa shape index (κ1) is 16.1. The van der Waals surface area contributed by atoms with E-state index in [4.69, 9.17) is 9.15 Å². The smallest absolute Gasteiger partial charge is 0.338 e. The number of hydrogen-bond acceptors (Lipinski definition) is 5. The molecular weight excluding hydrogens is 419 g/mol. The van der Waals surface area contributed by atoms with Crippen molar-refractivity contribution in [2.75, 3.05) is 7.11 Å². The van der Waals surface area contributed by atoms with E-state index < -0.39 is 5.97 Å². The van der Waals surface area contributed by atoms with Crippen molar-refractivity contribution in [3.8, 4) is 11.5 Å². The van der Waals surface area contributed by atoms with Crippen LogP contribution in [0.5, 0.6) is 0 Å². The molecule has 6 heteroatoms. The van der Waals surface area contributed by atoms with Gasteiger partial charge in [-0.05, 0) is 50.7 Å². The maximum atomic E-state index is 12.0. The van der Waals surface area contributed by atoms with Gasteiger partial charge in [-0.1, -0.05) is 34.7 Å². The van der Waals surface area contributed by atoms with Crippen molar-refractivity contribution in [1.29, 1.82) is 0 Å². The Labute approximate surface area is 154 Å². The van der Waals surface area contributed by atoms with E-state index in [1.807, 2.05) is 12.1 Å². The molecule has 24 heavy (non-hydrogen) atoms. The molecule has 0 spiro atoms. The van der Waals surface area contributed by atoms with E-state index in [-0.39, 0.29) is 5.41 Å². The Balaban J connectivity index is 1.68. The molecule has 3 fully saturated rings. The van der Waals surface area contributed by atoms with Crippen LogP contribution in [0, 0.1) is 0 Å². The van der Waals surface area contributed by atoms with Crippen LogP contribution in [-0.2, 0) is 10.2 Å². The number of esters is 1. The minimum absolute atomic E-state index is 0.0262. The summed E-state index contributed by atoms with van der Waals surface area (Å²) in [5, 5.41) is 8.60. The molecule has 2 bridgehead atoms. The normalized spacial score (nSPS) is 28.8. The Morgan fingerprint density at radius 3 is 2.46 bits per heavy atom. The number of aromatic nitrogens is 2. The zero-order valence-corrected chi connectivity index (χ0v) is 15.7. The lowest BCUT2D eigenvalue weighted by molar-refractivity contribution is 0.0601. The van der Waals surface area contributed by atoms with Gasteiger partial charge in [0.2, 0.25) is 11.8 Å². The first-order valence-electron chi connectivity index (χ1n) is 8.26. The maximum absolute atomic E-state index is 12.0. The molecule has 126 valence electrons. The highest BCUT2D eigenvalue weighted by Gasteiger charge is 2.51. The molecule has 1 aromatic carbocycles. The summed E-state index contributed by atoms with van der Waals surface area (Å²) in [6, 6.07) is 7.19. The Bertz CT molecular complexity index is 762. The highest BCUT2D eigenvalue weighted by atomic mass is 127. The third-order valence-electron chi connectivity index (χ3n) is 5.60. The van der Waals surface area contributed by atoms with Gasteiger partial charge in [0.1, 0.15) is 0 Å². The molecule has 0 amide bonds. The number of carbonyl (C=O) groups excluding carboxylic acids is 1. The van der Waals surface area contributed by atoms with Gasteiger partial charge in [-0.25, -0.2) is 4.79 Å². The Morgan fingerprint density at radius 1 is 1.12 bits per heavy atom. The average Bonchev–Trinajstić information content (AvgIpc) is 3.13. The van der Waals surface area contributed by atoms with Gasteiger partial charge >= 0.3 is 5.97 Å². The van der Waals surface area contributed by atoms with E-state index >= 15 is 0 Å². The van der Waals surface area contributed by atoms with Crippen LogP contribution in [0.3, 0.4) is 0 Å². The average molecular weight is 438 g/mol. The molecule has 1 aromatic heterocycles. The summed E-state index contributed by atoms with van der Waals surface area (Å²) >= 11 is 2.63. The zero-order valence-electron chi connectivity index (χ0n) is 13.5. The molecule has 5 nitrogen and oxygen atoms in total. The quantitative estimate of drug-likeness (QED) is 0.406. The highest BCUT2D eigenvalue weighted by Crippen LogP contribution is 2.56. The Hall–Kier alpha value is -1.44. The van der Waals surface area contributed by atoms with E-state index in [9.17, 15) is 4.79 Å². The summed E-state index contributed by atoms with van der Waals surface area (Å²) in [6.45, 7) is 0. The fourth-order valence-electron chi connectivity index (χ4n) is 3.96. The number of benzene rings is 1. The molecule has 0 saturated heterocycles. The minimum Gasteiger partial charge on any atom is -0.465 e. The number of alkyl halides is 1. The summed E-state index contributed by atoms with van der Waals surface area (Å²) in [5.74, 6) is 0.737. The molecule has 2 aromatic rings. The van der Waals surface area contributed by atoms with Gasteiger partial charge < -0.3 is 9.15 Å². The van der Waals surface area contributed by atoms with Gasteiger partial charge in [0.25, 0.3) is 0 Å². The van der Waals surface area contributed by atoms with Gasteiger partial charge in [0.15, 0.2) is 0 Å². The van der Waals surface area contributed by atoms with E-state index in [0.29, 0.717) is 20.4 Å². The summed E-state index contributed by atoms with van der Waals surface area (Å²) in [7, 11) is 1.37. The highest BCUT2D eigenvalue weighted by molar-refractivity contribution is 14.1. The first-order valence-corrected chi connectivity index (χ1v) is 9.34. The standard InChI is InChI=1S/C18H19IN2O3/c1-23-15(22)13-5-3-2-4-12(13)14-20-21-16(24-14)17-6-9-18(19,10-7-17)11-8-17/h2-5H,6-11H2,1H3. The number of methoxy groups -OCH3 is 1. The monoisotopic (exact) mass is 438 g/mol. The number of carbonyl (C=O) groups is 1. The van der Waals surface area contributed by atoms with Crippen LogP contribution < -0.4 is 0 Å². The van der Waals surface area contributed by atoms with Crippen LogP contribution >= 0.6 is 22.6 Å². The van der Waals surface area contributed by atoms with Gasteiger partial charge in [-0.3, -0.25) is 0 Å². The van der Waals surface area contributed by atoms with Gasteiger partial charge in [0.05, 0.1) is 18.2 Å². The topological polar surface area (TPSA) is 65.2 Å². The second kappa shape index (κ2) is 5.82. The number of ether oxygens (including phenoxy) is 1.